The van der Waals surface area contributed by atoms with Crippen molar-refractivity contribution in [1.29, 1.82) is 0 Å². The van der Waals surface area contributed by atoms with Crippen LogP contribution < -0.4 is 0 Å². The summed E-state index contributed by atoms with van der Waals surface area (Å²) in [7, 11) is 0. The second kappa shape index (κ2) is 3.34. The van der Waals surface area contributed by atoms with Gasteiger partial charge in [0.1, 0.15) is 0 Å². The first-order valence-corrected chi connectivity index (χ1v) is 6.57. The molecule has 1 heterocycles. The Labute approximate surface area is 102 Å². The average molecular weight is 320 g/mol. The van der Waals surface area contributed by atoms with E-state index in [0.717, 1.165) is 8.59 Å². The lowest BCUT2D eigenvalue weighted by Gasteiger charge is -2.37. The zero-order valence-corrected chi connectivity index (χ0v) is 10.7. The fourth-order valence-corrected chi connectivity index (χ4v) is 3.59. The number of fused-ring (bicyclic) bond motifs is 2. The molecular weight excluding hydrogens is 308 g/mol. The van der Waals surface area contributed by atoms with Gasteiger partial charge in [-0.1, -0.05) is 11.6 Å². The molecule has 0 amide bonds. The third-order valence-electron chi connectivity index (χ3n) is 3.56. The molecule has 1 aromatic heterocycles. The maximum atomic E-state index is 6.36. The zero-order valence-electron chi connectivity index (χ0n) is 7.76. The molecule has 0 atom stereocenters. The highest BCUT2D eigenvalue weighted by Crippen LogP contribution is 2.51. The van der Waals surface area contributed by atoms with E-state index in [2.05, 4.69) is 27.6 Å². The predicted molar refractivity (Wildman–Crippen MR) is 65.9 cm³/mol. The maximum absolute atomic E-state index is 6.36. The molecule has 0 radical (unpaired) electrons. The molecule has 0 aliphatic heterocycles. The molecule has 1 nitrogen and oxygen atoms in total. The summed E-state index contributed by atoms with van der Waals surface area (Å²) >= 11 is 8.63. The Morgan fingerprint density at radius 2 is 1.86 bits per heavy atom. The fraction of sp³-hybridized carbons (Fsp3) is 0.545. The number of pyridine rings is 1. The second-order valence-electron chi connectivity index (χ2n) is 4.27. The SMILES string of the molecule is Clc1c(I)cnc2c1C1CCC2CC1. The highest BCUT2D eigenvalue weighted by molar-refractivity contribution is 14.1. The van der Waals surface area contributed by atoms with E-state index in [1.165, 1.54) is 36.9 Å². The Hall–Kier alpha value is 0.170. The molecule has 3 aliphatic carbocycles. The van der Waals surface area contributed by atoms with E-state index in [4.69, 9.17) is 11.6 Å². The molecular formula is C11H11ClIN. The first kappa shape index (κ1) is 9.40. The van der Waals surface area contributed by atoms with Crippen LogP contribution in [0.3, 0.4) is 0 Å². The van der Waals surface area contributed by atoms with Crippen LogP contribution in [0.5, 0.6) is 0 Å². The first-order chi connectivity index (χ1) is 6.77. The lowest BCUT2D eigenvalue weighted by molar-refractivity contribution is 0.350. The standard InChI is InChI=1S/C11H11ClIN/c12-10-8(13)5-14-11-7-3-1-6(2-4-7)9(10)11/h5-7H,1-4H2. The van der Waals surface area contributed by atoms with Gasteiger partial charge in [-0.05, 0) is 59.8 Å². The van der Waals surface area contributed by atoms with Crippen LogP contribution in [0.4, 0.5) is 0 Å². The first-order valence-electron chi connectivity index (χ1n) is 5.11. The van der Waals surface area contributed by atoms with Crippen LogP contribution in [0, 0.1) is 3.57 Å². The second-order valence-corrected chi connectivity index (χ2v) is 5.81. The summed E-state index contributed by atoms with van der Waals surface area (Å²) in [4.78, 5) is 4.57. The Morgan fingerprint density at radius 3 is 2.57 bits per heavy atom. The van der Waals surface area contributed by atoms with E-state index in [1.54, 1.807) is 0 Å². The van der Waals surface area contributed by atoms with E-state index in [9.17, 15) is 0 Å². The Morgan fingerprint density at radius 1 is 1.21 bits per heavy atom. The molecule has 3 heteroatoms. The molecule has 0 unspecified atom stereocenters. The summed E-state index contributed by atoms with van der Waals surface area (Å²) in [6, 6.07) is 0. The third-order valence-corrected chi connectivity index (χ3v) is 5.11. The Bertz CT molecular complexity index is 383. The van der Waals surface area contributed by atoms with Gasteiger partial charge < -0.3 is 0 Å². The topological polar surface area (TPSA) is 12.9 Å². The number of halogens is 2. The number of hydrogen-bond acceptors (Lipinski definition) is 1. The van der Waals surface area contributed by atoms with Crippen molar-refractivity contribution in [3.05, 3.63) is 26.0 Å². The highest BCUT2D eigenvalue weighted by Gasteiger charge is 2.35. The van der Waals surface area contributed by atoms with Crippen LogP contribution in [0.1, 0.15) is 48.8 Å². The fourth-order valence-electron chi connectivity index (χ4n) is 2.86. The van der Waals surface area contributed by atoms with Gasteiger partial charge >= 0.3 is 0 Å². The number of rotatable bonds is 0. The van der Waals surface area contributed by atoms with Gasteiger partial charge in [0, 0.05) is 17.8 Å². The number of nitrogens with zero attached hydrogens (tertiary/aromatic N) is 1. The van der Waals surface area contributed by atoms with Crippen molar-refractivity contribution in [3.63, 3.8) is 0 Å². The van der Waals surface area contributed by atoms with Gasteiger partial charge in [-0.2, -0.15) is 0 Å². The van der Waals surface area contributed by atoms with Crippen molar-refractivity contribution in [2.45, 2.75) is 37.5 Å². The van der Waals surface area contributed by atoms with Crippen LogP contribution in [0.25, 0.3) is 0 Å². The summed E-state index contributed by atoms with van der Waals surface area (Å²) in [5.41, 5.74) is 2.68. The van der Waals surface area contributed by atoms with E-state index in [-0.39, 0.29) is 0 Å². The van der Waals surface area contributed by atoms with Crippen molar-refractivity contribution in [2.24, 2.45) is 0 Å². The number of aromatic nitrogens is 1. The lowest BCUT2D eigenvalue weighted by atomic mass is 9.69. The van der Waals surface area contributed by atoms with Gasteiger partial charge in [0.25, 0.3) is 0 Å². The zero-order chi connectivity index (χ0) is 9.71. The summed E-state index contributed by atoms with van der Waals surface area (Å²) in [6.07, 6.45) is 7.20. The Balaban J connectivity index is 2.24. The van der Waals surface area contributed by atoms with Gasteiger partial charge in [0.15, 0.2) is 0 Å². The summed E-state index contributed by atoms with van der Waals surface area (Å²) in [5, 5.41) is 0.977. The van der Waals surface area contributed by atoms with Gasteiger partial charge in [-0.15, -0.1) is 0 Å². The molecule has 0 aromatic carbocycles. The smallest absolute Gasteiger partial charge is 0.0608 e. The van der Waals surface area contributed by atoms with Crippen LogP contribution in [0.15, 0.2) is 6.20 Å². The summed E-state index contributed by atoms with van der Waals surface area (Å²) in [6.45, 7) is 0. The molecule has 0 saturated heterocycles. The molecule has 74 valence electrons. The Kier molecular flexibility index (Phi) is 2.24. The third kappa shape index (κ3) is 1.23. The summed E-state index contributed by atoms with van der Waals surface area (Å²) in [5.74, 6) is 1.40. The van der Waals surface area contributed by atoms with Crippen molar-refractivity contribution >= 4 is 34.2 Å². The van der Waals surface area contributed by atoms with Crippen molar-refractivity contribution in [1.82, 2.24) is 4.98 Å². The van der Waals surface area contributed by atoms with Gasteiger partial charge in [0.05, 0.1) is 8.59 Å². The van der Waals surface area contributed by atoms with Crippen molar-refractivity contribution < 1.29 is 0 Å². The van der Waals surface area contributed by atoms with Crippen molar-refractivity contribution in [3.8, 4) is 0 Å². The predicted octanol–water partition coefficient (Wildman–Crippen LogP) is 4.09. The molecule has 1 aromatic rings. The van der Waals surface area contributed by atoms with E-state index < -0.39 is 0 Å². The van der Waals surface area contributed by atoms with Gasteiger partial charge in [0.2, 0.25) is 0 Å². The minimum Gasteiger partial charge on any atom is -0.260 e. The summed E-state index contributed by atoms with van der Waals surface area (Å²) < 4.78 is 1.11. The molecule has 0 spiro atoms. The maximum Gasteiger partial charge on any atom is 0.0608 e. The molecule has 1 fully saturated rings. The molecule has 1 saturated carbocycles. The largest absolute Gasteiger partial charge is 0.260 e. The normalized spacial score (nSPS) is 29.0. The highest BCUT2D eigenvalue weighted by atomic mass is 127. The monoisotopic (exact) mass is 319 g/mol. The molecule has 3 aliphatic rings. The molecule has 4 rings (SSSR count). The lowest BCUT2D eigenvalue weighted by Crippen LogP contribution is -2.23. The van der Waals surface area contributed by atoms with Crippen LogP contribution in [-0.2, 0) is 0 Å². The van der Waals surface area contributed by atoms with Crippen LogP contribution in [0.2, 0.25) is 5.02 Å². The van der Waals surface area contributed by atoms with E-state index >= 15 is 0 Å². The minimum absolute atomic E-state index is 0.699. The molecule has 2 bridgehead atoms. The van der Waals surface area contributed by atoms with Gasteiger partial charge in [-0.25, -0.2) is 0 Å². The van der Waals surface area contributed by atoms with E-state index in [1.807, 2.05) is 6.20 Å². The van der Waals surface area contributed by atoms with Crippen molar-refractivity contribution in [2.75, 3.05) is 0 Å². The minimum atomic E-state index is 0.699. The van der Waals surface area contributed by atoms with Crippen LogP contribution >= 0.6 is 34.2 Å². The number of hydrogen-bond donors (Lipinski definition) is 0. The molecule has 0 N–H and O–H groups in total. The van der Waals surface area contributed by atoms with Gasteiger partial charge in [-0.3, -0.25) is 4.98 Å². The quantitative estimate of drug-likeness (QED) is 0.656. The van der Waals surface area contributed by atoms with E-state index in [0.29, 0.717) is 11.8 Å². The van der Waals surface area contributed by atoms with Crippen LogP contribution in [-0.4, -0.2) is 4.98 Å². The molecule has 14 heavy (non-hydrogen) atoms. The average Bonchev–Trinajstić information content (AvgIpc) is 2.25.